The number of nitrogens with zero attached hydrogens (tertiary/aromatic N) is 1. The molecule has 0 saturated carbocycles. The molecule has 7 nitrogen and oxygen atoms in total. The zero-order chi connectivity index (χ0) is 19.1. The number of carbonyl (C=O) groups excluding carboxylic acids is 3. The van der Waals surface area contributed by atoms with Crippen LogP contribution in [-0.4, -0.2) is 31.1 Å². The second-order valence-corrected chi connectivity index (χ2v) is 5.80. The van der Waals surface area contributed by atoms with E-state index in [1.807, 2.05) is 0 Å². The van der Waals surface area contributed by atoms with Crippen LogP contribution < -0.4 is 10.7 Å². The van der Waals surface area contributed by atoms with E-state index in [-0.39, 0.29) is 5.69 Å². The van der Waals surface area contributed by atoms with Crippen molar-refractivity contribution < 1.29 is 19.1 Å². The molecule has 9 heteroatoms. The van der Waals surface area contributed by atoms with Crippen LogP contribution in [-0.2, 0) is 14.3 Å². The number of ether oxygens (including phenoxy) is 1. The summed E-state index contributed by atoms with van der Waals surface area (Å²) in [6.07, 6.45) is 1.32. The van der Waals surface area contributed by atoms with E-state index in [0.29, 0.717) is 21.2 Å². The number of amides is 2. The van der Waals surface area contributed by atoms with E-state index in [4.69, 9.17) is 23.2 Å². The fourth-order valence-corrected chi connectivity index (χ4v) is 2.38. The summed E-state index contributed by atoms with van der Waals surface area (Å²) in [7, 11) is 1.29. The Kier molecular flexibility index (Phi) is 6.71. The van der Waals surface area contributed by atoms with Gasteiger partial charge < -0.3 is 10.1 Å². The minimum atomic E-state index is -0.969. The first-order valence-corrected chi connectivity index (χ1v) is 7.93. The third-order valence-corrected chi connectivity index (χ3v) is 3.47. The summed E-state index contributed by atoms with van der Waals surface area (Å²) >= 11 is 11.6. The summed E-state index contributed by atoms with van der Waals surface area (Å²) in [4.78, 5) is 34.8. The second kappa shape index (κ2) is 8.98. The largest absolute Gasteiger partial charge is 0.465 e. The van der Waals surface area contributed by atoms with Gasteiger partial charge in [0.05, 0.1) is 18.9 Å². The summed E-state index contributed by atoms with van der Waals surface area (Å²) in [5.74, 6) is -2.36. The van der Waals surface area contributed by atoms with Gasteiger partial charge in [0.1, 0.15) is 0 Å². The van der Waals surface area contributed by atoms with Gasteiger partial charge in [0.15, 0.2) is 0 Å². The van der Waals surface area contributed by atoms with Crippen LogP contribution in [0.1, 0.15) is 15.9 Å². The number of carbonyl (C=O) groups is 3. The Morgan fingerprint density at radius 1 is 1.00 bits per heavy atom. The SMILES string of the molecule is COC(=O)c1ccc(/C=N\NC(=O)C(=O)Nc2cc(Cl)cc(Cl)c2)cc1. The van der Waals surface area contributed by atoms with Gasteiger partial charge in [0.25, 0.3) is 0 Å². The number of hydrogen-bond donors (Lipinski definition) is 2. The molecule has 134 valence electrons. The Hall–Kier alpha value is -2.90. The molecule has 26 heavy (non-hydrogen) atoms. The van der Waals surface area contributed by atoms with E-state index >= 15 is 0 Å². The lowest BCUT2D eigenvalue weighted by Gasteiger charge is -2.05. The molecular formula is C17H13Cl2N3O4. The lowest BCUT2D eigenvalue weighted by molar-refractivity contribution is -0.136. The number of esters is 1. The molecule has 0 aliphatic rings. The monoisotopic (exact) mass is 393 g/mol. The molecular weight excluding hydrogens is 381 g/mol. The predicted octanol–water partition coefficient (Wildman–Crippen LogP) is 2.87. The Balaban J connectivity index is 1.91. The summed E-state index contributed by atoms with van der Waals surface area (Å²) in [5, 5.41) is 6.68. The maximum atomic E-state index is 11.8. The lowest BCUT2D eigenvalue weighted by atomic mass is 10.1. The molecule has 0 aliphatic heterocycles. The van der Waals surface area contributed by atoms with Gasteiger partial charge in [-0.1, -0.05) is 35.3 Å². The molecule has 2 aromatic rings. The Labute approximate surface area is 158 Å². The Bertz CT molecular complexity index is 847. The van der Waals surface area contributed by atoms with Crippen molar-refractivity contribution in [3.63, 3.8) is 0 Å². The standard InChI is InChI=1S/C17H13Cl2N3O4/c1-26-17(25)11-4-2-10(3-5-11)9-20-22-16(24)15(23)21-14-7-12(18)6-13(19)8-14/h2-9H,1H3,(H,21,23)(H,22,24)/b20-9-. The van der Waals surface area contributed by atoms with Gasteiger partial charge in [-0.2, -0.15) is 5.10 Å². The predicted molar refractivity (Wildman–Crippen MR) is 98.6 cm³/mol. The van der Waals surface area contributed by atoms with Crippen LogP contribution >= 0.6 is 23.2 Å². The Morgan fingerprint density at radius 3 is 2.19 bits per heavy atom. The molecule has 0 aliphatic carbocycles. The van der Waals surface area contributed by atoms with Crippen molar-refractivity contribution in [1.29, 1.82) is 0 Å². The third kappa shape index (κ3) is 5.58. The van der Waals surface area contributed by atoms with Crippen LogP contribution in [0.3, 0.4) is 0 Å². The Morgan fingerprint density at radius 2 is 1.62 bits per heavy atom. The molecule has 0 heterocycles. The van der Waals surface area contributed by atoms with Crippen molar-refractivity contribution in [3.05, 3.63) is 63.6 Å². The van der Waals surface area contributed by atoms with Crippen LogP contribution in [0.5, 0.6) is 0 Å². The first kappa shape index (κ1) is 19.4. The topological polar surface area (TPSA) is 96.9 Å². The number of methoxy groups -OCH3 is 1. The normalized spacial score (nSPS) is 10.4. The van der Waals surface area contributed by atoms with Gasteiger partial charge in [0, 0.05) is 15.7 Å². The molecule has 2 N–H and O–H groups in total. The van der Waals surface area contributed by atoms with Crippen molar-refractivity contribution >= 4 is 52.9 Å². The minimum Gasteiger partial charge on any atom is -0.465 e. The molecule has 0 atom stereocenters. The molecule has 0 spiro atoms. The molecule has 0 bridgehead atoms. The zero-order valence-electron chi connectivity index (χ0n) is 13.5. The maximum absolute atomic E-state index is 11.8. The highest BCUT2D eigenvalue weighted by Crippen LogP contribution is 2.22. The molecule has 2 rings (SSSR count). The average Bonchev–Trinajstić information content (AvgIpc) is 2.60. The van der Waals surface area contributed by atoms with Gasteiger partial charge in [-0.25, -0.2) is 10.2 Å². The number of hydrazone groups is 1. The fraction of sp³-hybridized carbons (Fsp3) is 0.0588. The van der Waals surface area contributed by atoms with Crippen molar-refractivity contribution in [2.75, 3.05) is 12.4 Å². The summed E-state index contributed by atoms with van der Waals surface area (Å²) in [5.41, 5.74) is 3.37. The van der Waals surface area contributed by atoms with E-state index in [1.165, 1.54) is 31.5 Å². The van der Waals surface area contributed by atoms with Crippen LogP contribution in [0.25, 0.3) is 0 Å². The van der Waals surface area contributed by atoms with E-state index in [2.05, 4.69) is 20.6 Å². The fourth-order valence-electron chi connectivity index (χ4n) is 1.85. The van der Waals surface area contributed by atoms with Crippen molar-refractivity contribution in [1.82, 2.24) is 5.43 Å². The number of anilines is 1. The smallest absolute Gasteiger partial charge is 0.337 e. The van der Waals surface area contributed by atoms with Crippen molar-refractivity contribution in [3.8, 4) is 0 Å². The molecule has 2 amide bonds. The van der Waals surface area contributed by atoms with E-state index in [0.717, 1.165) is 0 Å². The zero-order valence-corrected chi connectivity index (χ0v) is 15.0. The third-order valence-electron chi connectivity index (χ3n) is 3.04. The van der Waals surface area contributed by atoms with Gasteiger partial charge in [-0.05, 0) is 35.9 Å². The van der Waals surface area contributed by atoms with E-state index < -0.39 is 17.8 Å². The highest BCUT2D eigenvalue weighted by molar-refractivity contribution is 6.40. The van der Waals surface area contributed by atoms with Crippen molar-refractivity contribution in [2.45, 2.75) is 0 Å². The molecule has 0 saturated heterocycles. The number of halogens is 2. The van der Waals surface area contributed by atoms with Gasteiger partial charge in [-0.3, -0.25) is 9.59 Å². The molecule has 0 radical (unpaired) electrons. The second-order valence-electron chi connectivity index (χ2n) is 4.92. The average molecular weight is 394 g/mol. The van der Waals surface area contributed by atoms with Crippen LogP contribution in [0, 0.1) is 0 Å². The minimum absolute atomic E-state index is 0.282. The maximum Gasteiger partial charge on any atom is 0.337 e. The van der Waals surface area contributed by atoms with Gasteiger partial charge in [0.2, 0.25) is 0 Å². The molecule has 0 fully saturated rings. The number of benzene rings is 2. The number of hydrogen-bond acceptors (Lipinski definition) is 5. The summed E-state index contributed by atoms with van der Waals surface area (Å²) in [6.45, 7) is 0. The van der Waals surface area contributed by atoms with Gasteiger partial charge >= 0.3 is 17.8 Å². The van der Waals surface area contributed by atoms with Crippen LogP contribution in [0.4, 0.5) is 5.69 Å². The van der Waals surface area contributed by atoms with E-state index in [9.17, 15) is 14.4 Å². The first-order valence-electron chi connectivity index (χ1n) is 7.18. The lowest BCUT2D eigenvalue weighted by Crippen LogP contribution is -2.32. The summed E-state index contributed by atoms with van der Waals surface area (Å²) in [6, 6.07) is 10.7. The highest BCUT2D eigenvalue weighted by atomic mass is 35.5. The quantitative estimate of drug-likeness (QED) is 0.361. The first-order chi connectivity index (χ1) is 12.4. The number of nitrogens with one attached hydrogen (secondary N) is 2. The van der Waals surface area contributed by atoms with Crippen LogP contribution in [0.2, 0.25) is 10.0 Å². The molecule has 0 unspecified atom stereocenters. The van der Waals surface area contributed by atoms with Gasteiger partial charge in [-0.15, -0.1) is 0 Å². The molecule has 0 aromatic heterocycles. The summed E-state index contributed by atoms with van der Waals surface area (Å²) < 4.78 is 4.59. The number of rotatable bonds is 4. The van der Waals surface area contributed by atoms with E-state index in [1.54, 1.807) is 24.3 Å². The van der Waals surface area contributed by atoms with Crippen molar-refractivity contribution in [2.24, 2.45) is 5.10 Å². The highest BCUT2D eigenvalue weighted by Gasteiger charge is 2.13. The van der Waals surface area contributed by atoms with Crippen LogP contribution in [0.15, 0.2) is 47.6 Å². The molecule has 2 aromatic carbocycles.